The molecule has 3 heteroatoms. The third-order valence-corrected chi connectivity index (χ3v) is 4.96. The fraction of sp³-hybridized carbons (Fsp3) is 0.889. The molecule has 0 aliphatic heterocycles. The maximum atomic E-state index is 4.77. The Bertz CT molecular complexity index is 262. The van der Waals surface area contributed by atoms with Crippen molar-refractivity contribution in [3.8, 4) is 0 Å². The molecule has 0 saturated heterocycles. The van der Waals surface area contributed by atoms with Crippen LogP contribution in [0, 0.1) is 37.0 Å². The van der Waals surface area contributed by atoms with E-state index in [9.17, 15) is 0 Å². The summed E-state index contributed by atoms with van der Waals surface area (Å²) in [6, 6.07) is 0. The van der Waals surface area contributed by atoms with E-state index in [2.05, 4.69) is 46.9 Å². The normalized spacial score (nSPS) is 29.9. The van der Waals surface area contributed by atoms with Crippen molar-refractivity contribution in [3.05, 3.63) is 24.0 Å². The van der Waals surface area contributed by atoms with Gasteiger partial charge in [-0.25, -0.2) is 0 Å². The minimum absolute atomic E-state index is 0. The zero-order chi connectivity index (χ0) is 14.6. The molecule has 0 heterocycles. The number of nitrogens with zero attached hydrogens (tertiary/aromatic N) is 2. The van der Waals surface area contributed by atoms with Crippen molar-refractivity contribution >= 4 is 0 Å². The van der Waals surface area contributed by atoms with Crippen molar-refractivity contribution in [2.24, 2.45) is 23.7 Å². The SMILES string of the molecule is C[N-]CCC1[C-](C)C(CC[N-]C(C)(C)C)C(C)C1C.[CH3-].[Zr+4]. The van der Waals surface area contributed by atoms with Gasteiger partial charge in [-0.2, -0.15) is 38.9 Å². The summed E-state index contributed by atoms with van der Waals surface area (Å²) in [4.78, 5) is 0. The molecule has 0 bridgehead atoms. The standard InChI is InChI=1S/C17H33N2.CH3.Zr/c1-12-13(2)16(9-11-19-17(4,5)6)14(3)15(12)8-10-18-7;;/h12-13,15-16H,8-11H2,1-7H3;1H3;/q-3;-1;+4. The van der Waals surface area contributed by atoms with Crippen LogP contribution in [-0.2, 0) is 26.2 Å². The Balaban J connectivity index is 0. The third kappa shape index (κ3) is 7.27. The van der Waals surface area contributed by atoms with E-state index >= 15 is 0 Å². The molecule has 0 N–H and O–H groups in total. The first-order valence-electron chi connectivity index (χ1n) is 7.85. The van der Waals surface area contributed by atoms with Crippen LogP contribution in [0.3, 0.4) is 0 Å². The molecule has 4 unspecified atom stereocenters. The zero-order valence-corrected chi connectivity index (χ0v) is 18.0. The topological polar surface area (TPSA) is 28.2 Å². The van der Waals surface area contributed by atoms with Crippen molar-refractivity contribution in [1.29, 1.82) is 0 Å². The molecule has 0 aromatic heterocycles. The summed E-state index contributed by atoms with van der Waals surface area (Å²) < 4.78 is 0. The minimum Gasteiger partial charge on any atom is -0.665 e. The molecule has 1 aliphatic rings. The Morgan fingerprint density at radius 2 is 1.38 bits per heavy atom. The van der Waals surface area contributed by atoms with Crippen molar-refractivity contribution in [3.63, 3.8) is 0 Å². The van der Waals surface area contributed by atoms with Gasteiger partial charge in [0.1, 0.15) is 0 Å². The second-order valence-electron chi connectivity index (χ2n) is 7.34. The predicted octanol–water partition coefficient (Wildman–Crippen LogP) is 5.50. The molecule has 0 spiro atoms. The van der Waals surface area contributed by atoms with Gasteiger partial charge in [0.2, 0.25) is 0 Å². The van der Waals surface area contributed by atoms with Gasteiger partial charge in [-0.3, -0.25) is 0 Å². The van der Waals surface area contributed by atoms with E-state index in [4.69, 9.17) is 5.32 Å². The smallest absolute Gasteiger partial charge is 0.665 e. The quantitative estimate of drug-likeness (QED) is 0.551. The van der Waals surface area contributed by atoms with Crippen LogP contribution in [0.5, 0.6) is 0 Å². The van der Waals surface area contributed by atoms with Crippen LogP contribution in [0.1, 0.15) is 54.4 Å². The summed E-state index contributed by atoms with van der Waals surface area (Å²) in [7, 11) is 1.93. The van der Waals surface area contributed by atoms with Crippen LogP contribution >= 0.6 is 0 Å². The second-order valence-corrected chi connectivity index (χ2v) is 7.34. The molecule has 2 nitrogen and oxygen atoms in total. The fourth-order valence-corrected chi connectivity index (χ4v) is 3.63. The van der Waals surface area contributed by atoms with E-state index in [-0.39, 0.29) is 39.2 Å². The molecule has 4 atom stereocenters. The molecular weight excluding hydrogens is 335 g/mol. The molecular formula is C18H36N2Zr. The monoisotopic (exact) mass is 370 g/mol. The Morgan fingerprint density at radius 1 is 0.952 bits per heavy atom. The summed E-state index contributed by atoms with van der Waals surface area (Å²) in [5.41, 5.74) is 0.113. The third-order valence-electron chi connectivity index (χ3n) is 4.96. The van der Waals surface area contributed by atoms with Crippen molar-refractivity contribution in [1.82, 2.24) is 0 Å². The molecule has 21 heavy (non-hydrogen) atoms. The van der Waals surface area contributed by atoms with Gasteiger partial charge in [0, 0.05) is 0 Å². The molecule has 1 aliphatic carbocycles. The number of hydrogen-bond donors (Lipinski definition) is 0. The molecule has 1 rings (SSSR count). The maximum Gasteiger partial charge on any atom is 4.00 e. The Labute approximate surface area is 153 Å². The largest absolute Gasteiger partial charge is 4.00 e. The van der Waals surface area contributed by atoms with Crippen LogP contribution in [0.25, 0.3) is 10.6 Å². The Hall–Kier alpha value is 0.803. The molecule has 122 valence electrons. The molecule has 1 saturated carbocycles. The van der Waals surface area contributed by atoms with Crippen LogP contribution in [0.15, 0.2) is 0 Å². The average Bonchev–Trinajstić information content (AvgIpc) is 2.50. The van der Waals surface area contributed by atoms with Gasteiger partial charge < -0.3 is 24.0 Å². The summed E-state index contributed by atoms with van der Waals surface area (Å²) >= 11 is 0. The van der Waals surface area contributed by atoms with Crippen molar-refractivity contribution < 1.29 is 26.2 Å². The molecule has 0 aromatic carbocycles. The van der Waals surface area contributed by atoms with Gasteiger partial charge in [-0.15, -0.1) is 5.54 Å². The van der Waals surface area contributed by atoms with Gasteiger partial charge in [0.25, 0.3) is 0 Å². The van der Waals surface area contributed by atoms with E-state index in [1.165, 1.54) is 12.8 Å². The van der Waals surface area contributed by atoms with E-state index < -0.39 is 0 Å². The number of hydrogen-bond acceptors (Lipinski definition) is 0. The average molecular weight is 372 g/mol. The van der Waals surface area contributed by atoms with Gasteiger partial charge in [0.15, 0.2) is 0 Å². The van der Waals surface area contributed by atoms with Gasteiger partial charge in [-0.05, 0) is 0 Å². The van der Waals surface area contributed by atoms with Crippen LogP contribution in [0.4, 0.5) is 0 Å². The maximum absolute atomic E-state index is 4.77. The van der Waals surface area contributed by atoms with E-state index in [0.717, 1.165) is 36.8 Å². The van der Waals surface area contributed by atoms with Crippen LogP contribution in [-0.4, -0.2) is 25.7 Å². The van der Waals surface area contributed by atoms with Crippen LogP contribution < -0.4 is 0 Å². The number of rotatable bonds is 6. The van der Waals surface area contributed by atoms with Gasteiger partial charge >= 0.3 is 26.2 Å². The first kappa shape index (κ1) is 24.1. The molecule has 0 radical (unpaired) electrons. The fourth-order valence-electron chi connectivity index (χ4n) is 3.63. The Morgan fingerprint density at radius 3 is 1.76 bits per heavy atom. The second kappa shape index (κ2) is 10.6. The zero-order valence-electron chi connectivity index (χ0n) is 15.5. The van der Waals surface area contributed by atoms with Gasteiger partial charge in [-0.1, -0.05) is 59.3 Å². The van der Waals surface area contributed by atoms with E-state index in [1.807, 2.05) is 7.05 Å². The predicted molar refractivity (Wildman–Crippen MR) is 92.0 cm³/mol. The van der Waals surface area contributed by atoms with E-state index in [1.54, 1.807) is 5.92 Å². The summed E-state index contributed by atoms with van der Waals surface area (Å²) in [5, 5.41) is 9.05. The minimum atomic E-state index is 0. The molecule has 0 amide bonds. The summed E-state index contributed by atoms with van der Waals surface area (Å²) in [6.07, 6.45) is 2.47. The van der Waals surface area contributed by atoms with Crippen LogP contribution in [0.2, 0.25) is 0 Å². The molecule has 0 aromatic rings. The first-order chi connectivity index (χ1) is 8.78. The summed E-state index contributed by atoms with van der Waals surface area (Å²) in [6.45, 7) is 15.8. The Kier molecular flexibility index (Phi) is 12.1. The summed E-state index contributed by atoms with van der Waals surface area (Å²) in [5.74, 6) is 4.87. The van der Waals surface area contributed by atoms with Crippen molar-refractivity contribution in [2.75, 3.05) is 20.1 Å². The van der Waals surface area contributed by atoms with Crippen molar-refractivity contribution in [2.45, 2.75) is 59.9 Å². The van der Waals surface area contributed by atoms with E-state index in [0.29, 0.717) is 0 Å². The first-order valence-corrected chi connectivity index (χ1v) is 7.85. The molecule has 1 fully saturated rings. The van der Waals surface area contributed by atoms with Gasteiger partial charge in [0.05, 0.1) is 0 Å².